The molecule has 0 aromatic heterocycles. The summed E-state index contributed by atoms with van der Waals surface area (Å²) in [7, 11) is -4.33. The Balaban J connectivity index is 1.83. The van der Waals surface area contributed by atoms with E-state index in [9.17, 15) is 22.9 Å². The zero-order valence-electron chi connectivity index (χ0n) is 16.4. The topological polar surface area (TPSA) is 96.3 Å². The van der Waals surface area contributed by atoms with Gasteiger partial charge in [-0.1, -0.05) is 60.7 Å². The van der Waals surface area contributed by atoms with Crippen LogP contribution in [0.4, 0.5) is 4.39 Å². The third-order valence-corrected chi connectivity index (χ3v) is 6.00. The Bertz CT molecular complexity index is 1210. The molecule has 0 unspecified atom stereocenters. The maximum atomic E-state index is 14.1. The first kappa shape index (κ1) is 22.2. The highest BCUT2D eigenvalue weighted by atomic mass is 32.2. The molecule has 3 aromatic rings. The molecule has 0 aliphatic heterocycles. The van der Waals surface area contributed by atoms with Crippen LogP contribution < -0.4 is 4.72 Å². The zero-order chi connectivity index (χ0) is 22.3. The monoisotopic (exact) mass is 438 g/mol. The van der Waals surface area contributed by atoms with Gasteiger partial charge in [0.25, 0.3) is 0 Å². The first-order valence-electron chi connectivity index (χ1n) is 9.36. The van der Waals surface area contributed by atoms with Crippen molar-refractivity contribution in [1.82, 2.24) is 4.72 Å². The maximum Gasteiger partial charge on any atom is 0.324 e. The molecule has 8 heteroatoms. The minimum Gasteiger partial charge on any atom is -0.460 e. The number of rotatable bonds is 8. The highest BCUT2D eigenvalue weighted by molar-refractivity contribution is 7.89. The van der Waals surface area contributed by atoms with Crippen molar-refractivity contribution in [3.63, 3.8) is 0 Å². The van der Waals surface area contributed by atoms with E-state index in [1.54, 1.807) is 54.6 Å². The molecule has 0 saturated heterocycles. The van der Waals surface area contributed by atoms with Crippen LogP contribution in [0.3, 0.4) is 0 Å². The van der Waals surface area contributed by atoms with Gasteiger partial charge in [-0.15, -0.1) is 0 Å². The summed E-state index contributed by atoms with van der Waals surface area (Å²) in [5, 5.41) is 9.17. The van der Waals surface area contributed by atoms with Crippen LogP contribution >= 0.6 is 0 Å². The molecular weight excluding hydrogens is 419 g/mol. The van der Waals surface area contributed by atoms with Gasteiger partial charge in [0.15, 0.2) is 0 Å². The number of ether oxygens (including phenoxy) is 1. The van der Waals surface area contributed by atoms with E-state index < -0.39 is 32.7 Å². The Kier molecular flexibility index (Phi) is 7.13. The minimum absolute atomic E-state index is 0.00720. The largest absolute Gasteiger partial charge is 0.460 e. The van der Waals surface area contributed by atoms with Gasteiger partial charge in [-0.05, 0) is 30.2 Å². The smallest absolute Gasteiger partial charge is 0.324 e. The predicted molar refractivity (Wildman–Crippen MR) is 112 cm³/mol. The number of halogens is 1. The predicted octanol–water partition coefficient (Wildman–Crippen LogP) is 3.33. The number of carbonyl (C=O) groups excluding carboxylic acids is 1. The van der Waals surface area contributed by atoms with Crippen molar-refractivity contribution in [1.29, 1.82) is 5.26 Å². The lowest BCUT2D eigenvalue weighted by Gasteiger charge is -2.18. The van der Waals surface area contributed by atoms with E-state index in [4.69, 9.17) is 4.74 Å². The second kappa shape index (κ2) is 9.98. The molecule has 1 atom stereocenters. The lowest BCUT2D eigenvalue weighted by atomic mass is 10.1. The van der Waals surface area contributed by atoms with E-state index in [1.165, 1.54) is 12.1 Å². The number of hydrogen-bond acceptors (Lipinski definition) is 5. The summed E-state index contributed by atoms with van der Waals surface area (Å²) in [5.41, 5.74) is 1.54. The van der Waals surface area contributed by atoms with Gasteiger partial charge in [0.2, 0.25) is 10.0 Å². The van der Waals surface area contributed by atoms with Gasteiger partial charge >= 0.3 is 5.97 Å². The van der Waals surface area contributed by atoms with Crippen molar-refractivity contribution in [2.24, 2.45) is 0 Å². The van der Waals surface area contributed by atoms with Crippen LogP contribution in [0.25, 0.3) is 0 Å². The summed E-state index contributed by atoms with van der Waals surface area (Å²) in [4.78, 5) is 12.2. The average Bonchev–Trinajstić information content (AvgIpc) is 2.78. The summed E-state index contributed by atoms with van der Waals surface area (Å²) < 4.78 is 47.1. The molecule has 0 spiro atoms. The highest BCUT2D eigenvalue weighted by Gasteiger charge is 2.29. The van der Waals surface area contributed by atoms with Gasteiger partial charge < -0.3 is 4.74 Å². The standard InChI is InChI=1S/C23H19FN2O4S/c24-20-12-6-7-13-22(20)31(28,29)26-21(14-17-8-2-1-3-9-17)23(27)30-16-19-11-5-4-10-18(19)15-25/h1-13,21,26H,14,16H2/t21-/m0/s1. The van der Waals surface area contributed by atoms with Gasteiger partial charge in [-0.3, -0.25) is 4.79 Å². The molecule has 6 nitrogen and oxygen atoms in total. The molecular formula is C23H19FN2O4S. The molecule has 0 saturated carbocycles. The Morgan fingerprint density at radius 1 is 1.00 bits per heavy atom. The Labute approximate surface area is 180 Å². The number of nitrogens with one attached hydrogen (secondary N) is 1. The second-order valence-electron chi connectivity index (χ2n) is 6.67. The number of carbonyl (C=O) groups is 1. The van der Waals surface area contributed by atoms with E-state index in [1.807, 2.05) is 6.07 Å². The number of nitriles is 1. The van der Waals surface area contributed by atoms with E-state index in [2.05, 4.69) is 4.72 Å². The molecule has 0 aliphatic carbocycles. The first-order chi connectivity index (χ1) is 14.9. The third-order valence-electron chi connectivity index (χ3n) is 4.50. The van der Waals surface area contributed by atoms with Crippen molar-refractivity contribution < 1.29 is 22.3 Å². The van der Waals surface area contributed by atoms with Gasteiger partial charge in [0.1, 0.15) is 23.4 Å². The van der Waals surface area contributed by atoms with Gasteiger partial charge in [-0.2, -0.15) is 9.98 Å². The fraction of sp³-hybridized carbons (Fsp3) is 0.130. The van der Waals surface area contributed by atoms with Crippen molar-refractivity contribution in [3.8, 4) is 6.07 Å². The fourth-order valence-corrected chi connectivity index (χ4v) is 4.20. The van der Waals surface area contributed by atoms with Crippen molar-refractivity contribution in [2.45, 2.75) is 24.0 Å². The SMILES string of the molecule is N#Cc1ccccc1COC(=O)[C@H](Cc1ccccc1)NS(=O)(=O)c1ccccc1F. The quantitative estimate of drug-likeness (QED) is 0.544. The number of hydrogen-bond donors (Lipinski definition) is 1. The molecule has 3 rings (SSSR count). The van der Waals surface area contributed by atoms with Crippen molar-refractivity contribution in [3.05, 3.63) is 101 Å². The van der Waals surface area contributed by atoms with Crippen LogP contribution in [-0.4, -0.2) is 20.4 Å². The second-order valence-corrected chi connectivity index (χ2v) is 8.35. The Morgan fingerprint density at radius 3 is 2.35 bits per heavy atom. The van der Waals surface area contributed by atoms with E-state index in [0.29, 0.717) is 16.7 Å². The number of esters is 1. The van der Waals surface area contributed by atoms with Crippen LogP contribution in [0, 0.1) is 17.1 Å². The van der Waals surface area contributed by atoms with Gasteiger partial charge in [0, 0.05) is 5.56 Å². The van der Waals surface area contributed by atoms with Crippen LogP contribution in [0.1, 0.15) is 16.7 Å². The fourth-order valence-electron chi connectivity index (χ4n) is 2.94. The third kappa shape index (κ3) is 5.75. The highest BCUT2D eigenvalue weighted by Crippen LogP contribution is 2.16. The van der Waals surface area contributed by atoms with E-state index >= 15 is 0 Å². The summed E-state index contributed by atoms with van der Waals surface area (Å²) in [6, 6.07) is 21.0. The molecule has 0 radical (unpaired) electrons. The molecule has 0 amide bonds. The molecule has 158 valence electrons. The molecule has 0 bridgehead atoms. The summed E-state index contributed by atoms with van der Waals surface area (Å²) >= 11 is 0. The minimum atomic E-state index is -4.33. The van der Waals surface area contributed by atoms with Crippen LogP contribution in [0.2, 0.25) is 0 Å². The lowest BCUT2D eigenvalue weighted by molar-refractivity contribution is -0.147. The van der Waals surface area contributed by atoms with Gasteiger partial charge in [0.05, 0.1) is 11.6 Å². The van der Waals surface area contributed by atoms with Crippen LogP contribution in [0.5, 0.6) is 0 Å². The Hall–Kier alpha value is -3.54. The molecule has 0 fully saturated rings. The van der Waals surface area contributed by atoms with Gasteiger partial charge in [-0.25, -0.2) is 12.8 Å². The average molecular weight is 438 g/mol. The normalized spacial score (nSPS) is 12.0. The van der Waals surface area contributed by atoms with Crippen LogP contribution in [0.15, 0.2) is 83.8 Å². The summed E-state index contributed by atoms with van der Waals surface area (Å²) in [6.07, 6.45) is 0.00720. The summed E-state index contributed by atoms with van der Waals surface area (Å²) in [5.74, 6) is -1.76. The number of sulfonamides is 1. The van der Waals surface area contributed by atoms with E-state index in [-0.39, 0.29) is 13.0 Å². The number of benzene rings is 3. The number of nitrogens with zero attached hydrogens (tertiary/aromatic N) is 1. The maximum absolute atomic E-state index is 14.1. The molecule has 0 heterocycles. The lowest BCUT2D eigenvalue weighted by Crippen LogP contribution is -2.43. The first-order valence-corrected chi connectivity index (χ1v) is 10.8. The molecule has 1 N–H and O–H groups in total. The molecule has 3 aromatic carbocycles. The Morgan fingerprint density at radius 2 is 1.65 bits per heavy atom. The summed E-state index contributed by atoms with van der Waals surface area (Å²) in [6.45, 7) is -0.199. The van der Waals surface area contributed by atoms with E-state index in [0.717, 1.165) is 12.1 Å². The van der Waals surface area contributed by atoms with Crippen molar-refractivity contribution >= 4 is 16.0 Å². The molecule has 0 aliphatic rings. The van der Waals surface area contributed by atoms with Crippen LogP contribution in [-0.2, 0) is 32.6 Å². The van der Waals surface area contributed by atoms with Crippen molar-refractivity contribution in [2.75, 3.05) is 0 Å². The zero-order valence-corrected chi connectivity index (χ0v) is 17.2. The molecule has 31 heavy (non-hydrogen) atoms.